The molecule has 2 aromatic heterocycles. The minimum absolute atomic E-state index is 0.348. The molecule has 0 aliphatic carbocycles. The van der Waals surface area contributed by atoms with Gasteiger partial charge in [-0.05, 0) is 43.3 Å². The summed E-state index contributed by atoms with van der Waals surface area (Å²) in [4.78, 5) is 16.7. The van der Waals surface area contributed by atoms with Crippen LogP contribution in [0, 0.1) is 6.92 Å². The molecule has 0 saturated carbocycles. The predicted octanol–water partition coefficient (Wildman–Crippen LogP) is 4.65. The molecule has 10 heteroatoms. The fourth-order valence-electron chi connectivity index (χ4n) is 2.54. The Morgan fingerprint density at radius 1 is 1.11 bits per heavy atom. The average Bonchev–Trinajstić information content (AvgIpc) is 3.29. The van der Waals surface area contributed by atoms with Gasteiger partial charge >= 0.3 is 0 Å². The van der Waals surface area contributed by atoms with E-state index in [1.165, 1.54) is 0 Å². The van der Waals surface area contributed by atoms with Crippen LogP contribution >= 0.6 is 34.7 Å². The van der Waals surface area contributed by atoms with E-state index in [0.29, 0.717) is 32.3 Å². The SMILES string of the molecule is Cc1c(-c2nsc(NC(=O)c3ccccc3Cl)n2)nnn1-c1ccc(Cl)cc1. The van der Waals surface area contributed by atoms with Crippen molar-refractivity contribution in [2.75, 3.05) is 5.32 Å². The molecule has 0 atom stereocenters. The van der Waals surface area contributed by atoms with Gasteiger partial charge in [0.05, 0.1) is 22.0 Å². The van der Waals surface area contributed by atoms with Gasteiger partial charge in [-0.3, -0.25) is 10.1 Å². The minimum Gasteiger partial charge on any atom is -0.297 e. The first kappa shape index (κ1) is 18.5. The number of halogens is 2. The lowest BCUT2D eigenvalue weighted by Gasteiger charge is -2.03. The maximum atomic E-state index is 12.4. The van der Waals surface area contributed by atoms with E-state index in [1.807, 2.05) is 19.1 Å². The van der Waals surface area contributed by atoms with Crippen molar-refractivity contribution in [1.29, 1.82) is 0 Å². The largest absolute Gasteiger partial charge is 0.297 e. The van der Waals surface area contributed by atoms with Crippen LogP contribution in [-0.2, 0) is 0 Å². The van der Waals surface area contributed by atoms with Gasteiger partial charge < -0.3 is 0 Å². The maximum Gasteiger partial charge on any atom is 0.258 e. The van der Waals surface area contributed by atoms with E-state index in [1.54, 1.807) is 41.1 Å². The Labute approximate surface area is 174 Å². The van der Waals surface area contributed by atoms with Gasteiger partial charge in [0, 0.05) is 16.6 Å². The number of hydrogen-bond donors (Lipinski definition) is 1. The molecule has 2 aromatic carbocycles. The monoisotopic (exact) mass is 430 g/mol. The molecule has 0 aliphatic heterocycles. The van der Waals surface area contributed by atoms with Gasteiger partial charge in [-0.15, -0.1) is 5.10 Å². The van der Waals surface area contributed by atoms with Gasteiger partial charge in [-0.2, -0.15) is 9.36 Å². The van der Waals surface area contributed by atoms with Crippen LogP contribution in [0.1, 0.15) is 16.1 Å². The molecule has 7 nitrogen and oxygen atoms in total. The first-order chi connectivity index (χ1) is 13.5. The molecule has 0 bridgehead atoms. The molecule has 0 spiro atoms. The molecule has 0 fully saturated rings. The third-order valence-electron chi connectivity index (χ3n) is 3.94. The lowest BCUT2D eigenvalue weighted by atomic mass is 10.2. The van der Waals surface area contributed by atoms with Crippen molar-refractivity contribution in [2.24, 2.45) is 0 Å². The van der Waals surface area contributed by atoms with E-state index in [4.69, 9.17) is 23.2 Å². The van der Waals surface area contributed by atoms with Crippen molar-refractivity contribution in [3.63, 3.8) is 0 Å². The Morgan fingerprint density at radius 3 is 2.61 bits per heavy atom. The third-order valence-corrected chi connectivity index (χ3v) is 5.15. The Morgan fingerprint density at radius 2 is 1.86 bits per heavy atom. The fraction of sp³-hybridized carbons (Fsp3) is 0.0556. The molecule has 1 amide bonds. The van der Waals surface area contributed by atoms with Gasteiger partial charge in [0.2, 0.25) is 5.13 Å². The highest BCUT2D eigenvalue weighted by Gasteiger charge is 2.18. The zero-order valence-corrected chi connectivity index (χ0v) is 16.8. The van der Waals surface area contributed by atoms with E-state index < -0.39 is 0 Å². The second-order valence-electron chi connectivity index (χ2n) is 5.77. The summed E-state index contributed by atoms with van der Waals surface area (Å²) in [5, 5.41) is 12.4. The van der Waals surface area contributed by atoms with Crippen LogP contribution < -0.4 is 5.32 Å². The van der Waals surface area contributed by atoms with E-state index in [2.05, 4.69) is 25.0 Å². The Balaban J connectivity index is 1.57. The predicted molar refractivity (Wildman–Crippen MR) is 109 cm³/mol. The Hall–Kier alpha value is -2.81. The van der Waals surface area contributed by atoms with Crippen LogP contribution in [0.5, 0.6) is 0 Å². The van der Waals surface area contributed by atoms with Crippen LogP contribution in [0.3, 0.4) is 0 Å². The number of amides is 1. The number of anilines is 1. The Kier molecular flexibility index (Phi) is 5.08. The minimum atomic E-state index is -0.352. The molecular formula is C18H12Cl2N6OS. The number of carbonyl (C=O) groups is 1. The molecule has 4 aromatic rings. The molecule has 0 saturated heterocycles. The molecule has 140 valence electrons. The number of carbonyl (C=O) groups excluding carboxylic acids is 1. The summed E-state index contributed by atoms with van der Waals surface area (Å²) in [7, 11) is 0. The molecule has 1 N–H and O–H groups in total. The topological polar surface area (TPSA) is 85.6 Å². The zero-order chi connectivity index (χ0) is 19.7. The molecular weight excluding hydrogens is 419 g/mol. The number of hydrogen-bond acceptors (Lipinski definition) is 6. The van der Waals surface area contributed by atoms with E-state index in [-0.39, 0.29) is 5.91 Å². The highest BCUT2D eigenvalue weighted by atomic mass is 35.5. The summed E-state index contributed by atoms with van der Waals surface area (Å²) in [6.45, 7) is 1.87. The van der Waals surface area contributed by atoms with Crippen molar-refractivity contribution in [3.8, 4) is 17.2 Å². The number of nitrogens with zero attached hydrogens (tertiary/aromatic N) is 5. The van der Waals surface area contributed by atoms with Crippen LogP contribution in [0.4, 0.5) is 5.13 Å². The molecule has 4 rings (SSSR count). The number of rotatable bonds is 4. The van der Waals surface area contributed by atoms with Gasteiger partial charge in [0.25, 0.3) is 5.91 Å². The zero-order valence-electron chi connectivity index (χ0n) is 14.4. The molecule has 2 heterocycles. The average molecular weight is 431 g/mol. The summed E-state index contributed by atoms with van der Waals surface area (Å²) in [5.74, 6) is 0.0343. The second-order valence-corrected chi connectivity index (χ2v) is 7.36. The van der Waals surface area contributed by atoms with Crippen molar-refractivity contribution in [1.82, 2.24) is 24.4 Å². The Bertz CT molecular complexity index is 1160. The van der Waals surface area contributed by atoms with Gasteiger partial charge in [0.15, 0.2) is 11.5 Å². The summed E-state index contributed by atoms with van der Waals surface area (Å²) in [6, 6.07) is 14.0. The molecule has 28 heavy (non-hydrogen) atoms. The van der Waals surface area contributed by atoms with Crippen molar-refractivity contribution in [3.05, 3.63) is 69.8 Å². The van der Waals surface area contributed by atoms with E-state index in [9.17, 15) is 4.79 Å². The lowest BCUT2D eigenvalue weighted by molar-refractivity contribution is 0.102. The smallest absolute Gasteiger partial charge is 0.258 e. The molecule has 0 radical (unpaired) electrons. The normalized spacial score (nSPS) is 10.8. The van der Waals surface area contributed by atoms with E-state index in [0.717, 1.165) is 22.9 Å². The highest BCUT2D eigenvalue weighted by molar-refractivity contribution is 7.10. The van der Waals surface area contributed by atoms with Gasteiger partial charge in [-0.1, -0.05) is 40.5 Å². The first-order valence-corrected chi connectivity index (χ1v) is 9.64. The molecule has 0 aliphatic rings. The van der Waals surface area contributed by atoms with Crippen LogP contribution in [0.15, 0.2) is 48.5 Å². The number of aromatic nitrogens is 5. The number of benzene rings is 2. The summed E-state index contributed by atoms with van der Waals surface area (Å²) >= 11 is 13.0. The molecule has 0 unspecified atom stereocenters. The lowest BCUT2D eigenvalue weighted by Crippen LogP contribution is -2.12. The van der Waals surface area contributed by atoms with Crippen molar-refractivity contribution >= 4 is 45.8 Å². The van der Waals surface area contributed by atoms with Crippen LogP contribution in [0.25, 0.3) is 17.2 Å². The third kappa shape index (κ3) is 3.62. The first-order valence-electron chi connectivity index (χ1n) is 8.11. The summed E-state index contributed by atoms with van der Waals surface area (Å²) in [5.41, 5.74) is 2.49. The second kappa shape index (κ2) is 7.67. The highest BCUT2D eigenvalue weighted by Crippen LogP contribution is 2.25. The summed E-state index contributed by atoms with van der Waals surface area (Å²) in [6.07, 6.45) is 0. The summed E-state index contributed by atoms with van der Waals surface area (Å²) < 4.78 is 5.96. The number of nitrogens with one attached hydrogen (secondary N) is 1. The van der Waals surface area contributed by atoms with Crippen LogP contribution in [0.2, 0.25) is 10.0 Å². The van der Waals surface area contributed by atoms with Gasteiger partial charge in [-0.25, -0.2) is 4.68 Å². The standard InChI is InChI=1S/C18H12Cl2N6OS/c1-10-15(23-25-26(10)12-8-6-11(19)7-9-12)16-21-18(28-24-16)22-17(27)13-4-2-3-5-14(13)20/h2-9H,1H3,(H,21,22,24,27). The van der Waals surface area contributed by atoms with Crippen molar-refractivity contribution < 1.29 is 4.79 Å². The van der Waals surface area contributed by atoms with Crippen molar-refractivity contribution in [2.45, 2.75) is 6.92 Å². The quantitative estimate of drug-likeness (QED) is 0.508. The maximum absolute atomic E-state index is 12.4. The van der Waals surface area contributed by atoms with Gasteiger partial charge in [0.1, 0.15) is 0 Å². The van der Waals surface area contributed by atoms with Crippen LogP contribution in [-0.4, -0.2) is 30.3 Å². The fourth-order valence-corrected chi connectivity index (χ4v) is 3.46. The van der Waals surface area contributed by atoms with E-state index >= 15 is 0 Å².